The molecule has 1 saturated carbocycles. The Kier molecular flexibility index (Phi) is 4.35. The van der Waals surface area contributed by atoms with Gasteiger partial charge in [0.05, 0.1) is 0 Å². The van der Waals surface area contributed by atoms with E-state index >= 15 is 0 Å². The largest absolute Gasteiger partial charge is 0.299 e. The Balaban J connectivity index is 2.14. The van der Waals surface area contributed by atoms with E-state index in [4.69, 9.17) is 11.6 Å². The van der Waals surface area contributed by atoms with Gasteiger partial charge in [-0.3, -0.25) is 4.79 Å². The van der Waals surface area contributed by atoms with Gasteiger partial charge in [-0.05, 0) is 42.2 Å². The van der Waals surface area contributed by atoms with Gasteiger partial charge < -0.3 is 0 Å². The van der Waals surface area contributed by atoms with E-state index in [1.165, 1.54) is 6.42 Å². The summed E-state index contributed by atoms with van der Waals surface area (Å²) in [6.45, 7) is 6.58. The molecule has 1 aromatic rings. The number of rotatable bonds is 3. The van der Waals surface area contributed by atoms with Crippen molar-refractivity contribution < 1.29 is 4.79 Å². The van der Waals surface area contributed by atoms with Crippen LogP contribution < -0.4 is 0 Å². The van der Waals surface area contributed by atoms with Gasteiger partial charge in [0.25, 0.3) is 0 Å². The van der Waals surface area contributed by atoms with Crippen molar-refractivity contribution in [1.82, 2.24) is 0 Å². The highest BCUT2D eigenvalue weighted by atomic mass is 35.5. The molecular formula is C17H23ClO. The Morgan fingerprint density at radius 1 is 1.26 bits per heavy atom. The Morgan fingerprint density at radius 2 is 1.95 bits per heavy atom. The third kappa shape index (κ3) is 3.39. The van der Waals surface area contributed by atoms with Gasteiger partial charge in [-0.1, -0.05) is 50.6 Å². The molecule has 1 aliphatic rings. The standard InChI is InChI=1S/C17H23ClO/c1-12-8-9-14(16(19)10-12)17(2,3)11-13-6-4-5-7-15(13)18/h4-7,12,14H,8-11H2,1-3H3. The lowest BCUT2D eigenvalue weighted by Gasteiger charge is -2.37. The van der Waals surface area contributed by atoms with Crippen molar-refractivity contribution in [2.24, 2.45) is 17.3 Å². The van der Waals surface area contributed by atoms with Gasteiger partial charge >= 0.3 is 0 Å². The molecule has 0 saturated heterocycles. The van der Waals surface area contributed by atoms with Crippen LogP contribution in [-0.4, -0.2) is 5.78 Å². The number of carbonyl (C=O) groups excluding carboxylic acids is 1. The van der Waals surface area contributed by atoms with Crippen LogP contribution in [0.4, 0.5) is 0 Å². The summed E-state index contributed by atoms with van der Waals surface area (Å²) < 4.78 is 0. The van der Waals surface area contributed by atoms with Crippen LogP contribution in [0.1, 0.15) is 45.6 Å². The molecule has 0 spiro atoms. The van der Waals surface area contributed by atoms with Crippen molar-refractivity contribution in [1.29, 1.82) is 0 Å². The van der Waals surface area contributed by atoms with Crippen LogP contribution in [0, 0.1) is 17.3 Å². The highest BCUT2D eigenvalue weighted by Gasteiger charge is 2.38. The molecule has 1 aliphatic carbocycles. The Morgan fingerprint density at radius 3 is 2.58 bits per heavy atom. The first-order valence-electron chi connectivity index (χ1n) is 7.16. The molecule has 0 N–H and O–H groups in total. The molecule has 0 amide bonds. The summed E-state index contributed by atoms with van der Waals surface area (Å²) in [5.41, 5.74) is 1.14. The maximum absolute atomic E-state index is 12.3. The molecule has 2 unspecified atom stereocenters. The summed E-state index contributed by atoms with van der Waals surface area (Å²) in [7, 11) is 0. The number of halogens is 1. The highest BCUT2D eigenvalue weighted by molar-refractivity contribution is 6.31. The van der Waals surface area contributed by atoms with Crippen LogP contribution in [0.3, 0.4) is 0 Å². The van der Waals surface area contributed by atoms with E-state index in [0.717, 1.165) is 29.8 Å². The lowest BCUT2D eigenvalue weighted by molar-refractivity contribution is -0.129. The van der Waals surface area contributed by atoms with E-state index < -0.39 is 0 Å². The van der Waals surface area contributed by atoms with Gasteiger partial charge in [-0.25, -0.2) is 0 Å². The lowest BCUT2D eigenvalue weighted by atomic mass is 9.66. The third-order valence-electron chi connectivity index (χ3n) is 4.43. The average Bonchev–Trinajstić information content (AvgIpc) is 2.31. The molecule has 0 bridgehead atoms. The fraction of sp³-hybridized carbons (Fsp3) is 0.588. The van der Waals surface area contributed by atoms with Gasteiger partial charge in [0.15, 0.2) is 0 Å². The van der Waals surface area contributed by atoms with Gasteiger partial charge in [0.1, 0.15) is 5.78 Å². The molecular weight excluding hydrogens is 256 g/mol. The summed E-state index contributed by atoms with van der Waals surface area (Å²) in [6, 6.07) is 7.96. The second-order valence-electron chi connectivity index (χ2n) is 6.66. The van der Waals surface area contributed by atoms with E-state index in [0.29, 0.717) is 11.7 Å². The average molecular weight is 279 g/mol. The zero-order valence-corrected chi connectivity index (χ0v) is 12.8. The van der Waals surface area contributed by atoms with Crippen molar-refractivity contribution in [2.45, 2.75) is 46.5 Å². The van der Waals surface area contributed by atoms with E-state index in [-0.39, 0.29) is 11.3 Å². The van der Waals surface area contributed by atoms with Crippen molar-refractivity contribution in [2.75, 3.05) is 0 Å². The molecule has 1 nitrogen and oxygen atoms in total. The van der Waals surface area contributed by atoms with Crippen LogP contribution in [0.2, 0.25) is 5.02 Å². The molecule has 2 atom stereocenters. The maximum Gasteiger partial charge on any atom is 0.136 e. The highest BCUT2D eigenvalue weighted by Crippen LogP contribution is 2.40. The summed E-state index contributed by atoms with van der Waals surface area (Å²) in [6.07, 6.45) is 3.81. The second-order valence-corrected chi connectivity index (χ2v) is 7.07. The molecule has 1 aromatic carbocycles. The van der Waals surface area contributed by atoms with Gasteiger partial charge in [-0.15, -0.1) is 0 Å². The van der Waals surface area contributed by atoms with Crippen LogP contribution >= 0.6 is 11.6 Å². The lowest BCUT2D eigenvalue weighted by Crippen LogP contribution is -2.36. The second kappa shape index (κ2) is 5.66. The number of hydrogen-bond donors (Lipinski definition) is 0. The number of carbonyl (C=O) groups is 1. The van der Waals surface area contributed by atoms with Gasteiger partial charge in [-0.2, -0.15) is 0 Å². The summed E-state index contributed by atoms with van der Waals surface area (Å²) in [5.74, 6) is 1.18. The maximum atomic E-state index is 12.3. The summed E-state index contributed by atoms with van der Waals surface area (Å²) in [4.78, 5) is 12.3. The Bertz CT molecular complexity index is 464. The Hall–Kier alpha value is -0.820. The predicted molar refractivity (Wildman–Crippen MR) is 80.4 cm³/mol. The number of ketones is 1. The molecule has 104 valence electrons. The number of benzene rings is 1. The SMILES string of the molecule is CC1CCC(C(C)(C)Cc2ccccc2Cl)C(=O)C1. The van der Waals surface area contributed by atoms with Crippen molar-refractivity contribution >= 4 is 17.4 Å². The summed E-state index contributed by atoms with van der Waals surface area (Å²) >= 11 is 6.24. The van der Waals surface area contributed by atoms with Crippen LogP contribution in [0.5, 0.6) is 0 Å². The van der Waals surface area contributed by atoms with Crippen molar-refractivity contribution in [3.8, 4) is 0 Å². The fourth-order valence-corrected chi connectivity index (χ4v) is 3.48. The van der Waals surface area contributed by atoms with Crippen LogP contribution in [-0.2, 0) is 11.2 Å². The zero-order valence-electron chi connectivity index (χ0n) is 12.1. The van der Waals surface area contributed by atoms with E-state index in [1.807, 2.05) is 18.2 Å². The fourth-order valence-electron chi connectivity index (χ4n) is 3.28. The van der Waals surface area contributed by atoms with E-state index in [2.05, 4.69) is 26.8 Å². The quantitative estimate of drug-likeness (QED) is 0.767. The third-order valence-corrected chi connectivity index (χ3v) is 4.80. The minimum atomic E-state index is -0.0117. The first kappa shape index (κ1) is 14.6. The van der Waals surface area contributed by atoms with Crippen molar-refractivity contribution in [3.05, 3.63) is 34.9 Å². The molecule has 2 heteroatoms. The normalized spacial score (nSPS) is 24.5. The van der Waals surface area contributed by atoms with E-state index in [9.17, 15) is 4.79 Å². The molecule has 0 radical (unpaired) electrons. The van der Waals surface area contributed by atoms with Gasteiger partial charge in [0, 0.05) is 17.4 Å². The molecule has 0 aromatic heterocycles. The first-order valence-corrected chi connectivity index (χ1v) is 7.54. The van der Waals surface area contributed by atoms with Crippen molar-refractivity contribution in [3.63, 3.8) is 0 Å². The zero-order chi connectivity index (χ0) is 14.0. The summed E-state index contributed by atoms with van der Waals surface area (Å²) in [5, 5.41) is 0.812. The molecule has 1 fully saturated rings. The molecule has 0 aliphatic heterocycles. The molecule has 19 heavy (non-hydrogen) atoms. The number of Topliss-reactive ketones (excluding diaryl/α,β-unsaturated/α-hetero) is 1. The monoisotopic (exact) mass is 278 g/mol. The number of hydrogen-bond acceptors (Lipinski definition) is 1. The minimum absolute atomic E-state index is 0.0117. The van der Waals surface area contributed by atoms with E-state index in [1.54, 1.807) is 0 Å². The Labute approximate surface area is 121 Å². The topological polar surface area (TPSA) is 17.1 Å². The smallest absolute Gasteiger partial charge is 0.136 e. The van der Waals surface area contributed by atoms with Crippen LogP contribution in [0.25, 0.3) is 0 Å². The predicted octanol–water partition coefficient (Wildman–Crippen LogP) is 4.91. The minimum Gasteiger partial charge on any atom is -0.299 e. The van der Waals surface area contributed by atoms with Crippen LogP contribution in [0.15, 0.2) is 24.3 Å². The molecule has 0 heterocycles. The molecule has 2 rings (SSSR count). The first-order chi connectivity index (χ1) is 8.90. The van der Waals surface area contributed by atoms with Gasteiger partial charge in [0.2, 0.25) is 0 Å².